The Labute approximate surface area is 537 Å². The van der Waals surface area contributed by atoms with Crippen LogP contribution in [0.2, 0.25) is 0 Å². The van der Waals surface area contributed by atoms with Crippen LogP contribution >= 0.6 is 15.6 Å². The molecule has 522 valence electrons. The molecule has 0 spiro atoms. The number of esters is 4. The minimum Gasteiger partial charge on any atom is -0.462 e. The summed E-state index contributed by atoms with van der Waals surface area (Å²) >= 11 is 0. The van der Waals surface area contributed by atoms with E-state index < -0.39 is 97.5 Å². The van der Waals surface area contributed by atoms with Crippen molar-refractivity contribution in [2.45, 2.75) is 356 Å². The van der Waals surface area contributed by atoms with E-state index in [2.05, 4.69) is 55.4 Å². The number of hydrogen-bond acceptors (Lipinski definition) is 15. The second kappa shape index (κ2) is 58.8. The molecule has 5 atom stereocenters. The minimum absolute atomic E-state index is 0.104. The van der Waals surface area contributed by atoms with Gasteiger partial charge in [0.1, 0.15) is 19.3 Å². The number of ether oxygens (including phenoxy) is 4. The fourth-order valence-electron chi connectivity index (χ4n) is 10.3. The summed E-state index contributed by atoms with van der Waals surface area (Å²) in [6, 6.07) is 0. The molecule has 0 saturated heterocycles. The van der Waals surface area contributed by atoms with Gasteiger partial charge in [0.15, 0.2) is 12.2 Å². The highest BCUT2D eigenvalue weighted by molar-refractivity contribution is 7.47. The molecule has 0 saturated carbocycles. The molecule has 0 radical (unpaired) electrons. The SMILES string of the molecule is CC(C)CCCCCCCCCCCCC(=O)OC[C@H](COP(=O)(O)OC[C@@H](O)COP(=O)(O)OC[C@@H](COC(=O)CCCCCCCCC(C)C)OC(=O)CCCCCCCCCCCCC(C)C)OC(=O)CCCCCCCCCCCCC(C)C. The first kappa shape index (κ1) is 86.1. The van der Waals surface area contributed by atoms with E-state index in [9.17, 15) is 43.2 Å². The molecule has 0 fully saturated rings. The third-order valence-corrected chi connectivity index (χ3v) is 17.7. The zero-order valence-corrected chi connectivity index (χ0v) is 59.1. The summed E-state index contributed by atoms with van der Waals surface area (Å²) < 4.78 is 68.2. The van der Waals surface area contributed by atoms with Crippen LogP contribution in [-0.4, -0.2) is 96.7 Å². The van der Waals surface area contributed by atoms with Crippen LogP contribution in [0.3, 0.4) is 0 Å². The molecule has 0 aliphatic rings. The number of rotatable bonds is 66. The lowest BCUT2D eigenvalue weighted by Crippen LogP contribution is -2.30. The molecule has 3 N–H and O–H groups in total. The number of phosphoric ester groups is 2. The molecule has 0 bridgehead atoms. The molecule has 0 heterocycles. The normalized spacial score (nSPS) is 14.3. The Morgan fingerprint density at radius 3 is 0.705 bits per heavy atom. The third-order valence-electron chi connectivity index (χ3n) is 15.8. The van der Waals surface area contributed by atoms with Gasteiger partial charge < -0.3 is 33.8 Å². The number of hydrogen-bond donors (Lipinski definition) is 3. The highest BCUT2D eigenvalue weighted by atomic mass is 31.2. The summed E-state index contributed by atoms with van der Waals surface area (Å²) in [7, 11) is -9.90. The predicted octanol–water partition coefficient (Wildman–Crippen LogP) is 19.3. The topological polar surface area (TPSA) is 237 Å². The molecule has 0 aliphatic carbocycles. The first-order chi connectivity index (χ1) is 42.1. The van der Waals surface area contributed by atoms with Crippen molar-refractivity contribution in [3.05, 3.63) is 0 Å². The maximum atomic E-state index is 13.0. The molecule has 0 aromatic rings. The second-order valence-corrected chi connectivity index (χ2v) is 29.7. The lowest BCUT2D eigenvalue weighted by Gasteiger charge is -2.21. The van der Waals surface area contributed by atoms with Gasteiger partial charge in [-0.1, -0.05) is 287 Å². The Kier molecular flexibility index (Phi) is 57.6. The number of aliphatic hydroxyl groups excluding tert-OH is 1. The molecule has 17 nitrogen and oxygen atoms in total. The highest BCUT2D eigenvalue weighted by Crippen LogP contribution is 2.45. The van der Waals surface area contributed by atoms with Gasteiger partial charge in [0.2, 0.25) is 0 Å². The zero-order chi connectivity index (χ0) is 65.4. The molecule has 0 aromatic heterocycles. The summed E-state index contributed by atoms with van der Waals surface area (Å²) in [5.41, 5.74) is 0. The largest absolute Gasteiger partial charge is 0.472 e. The van der Waals surface area contributed by atoms with E-state index >= 15 is 0 Å². The van der Waals surface area contributed by atoms with Gasteiger partial charge in [0.05, 0.1) is 26.4 Å². The van der Waals surface area contributed by atoms with Crippen molar-refractivity contribution in [3.63, 3.8) is 0 Å². The zero-order valence-electron chi connectivity index (χ0n) is 57.3. The lowest BCUT2D eigenvalue weighted by molar-refractivity contribution is -0.161. The van der Waals surface area contributed by atoms with E-state index in [-0.39, 0.29) is 25.7 Å². The predicted molar refractivity (Wildman–Crippen MR) is 354 cm³/mol. The fraction of sp³-hybridized carbons (Fsp3) is 0.942. The lowest BCUT2D eigenvalue weighted by atomic mass is 10.0. The molecular formula is C69H134O17P2. The summed E-state index contributed by atoms with van der Waals surface area (Å²) in [5.74, 6) is 0.810. The quantitative estimate of drug-likeness (QED) is 0.0222. The van der Waals surface area contributed by atoms with Gasteiger partial charge in [-0.3, -0.25) is 37.3 Å². The molecule has 2 unspecified atom stereocenters. The van der Waals surface area contributed by atoms with Crippen LogP contribution < -0.4 is 0 Å². The fourth-order valence-corrected chi connectivity index (χ4v) is 11.9. The van der Waals surface area contributed by atoms with Crippen LogP contribution in [0.25, 0.3) is 0 Å². The van der Waals surface area contributed by atoms with Crippen molar-refractivity contribution in [3.8, 4) is 0 Å². The average molecular weight is 1300 g/mol. The summed E-state index contributed by atoms with van der Waals surface area (Å²) in [6.07, 6.45) is 40.4. The molecule has 19 heteroatoms. The molecular weight excluding hydrogens is 1160 g/mol. The van der Waals surface area contributed by atoms with Gasteiger partial charge in [-0.25, -0.2) is 9.13 Å². The van der Waals surface area contributed by atoms with Crippen molar-refractivity contribution < 1.29 is 80.2 Å². The number of phosphoric acid groups is 2. The van der Waals surface area contributed by atoms with E-state index in [4.69, 9.17) is 37.0 Å². The summed E-state index contributed by atoms with van der Waals surface area (Å²) in [5, 5.41) is 10.6. The Morgan fingerprint density at radius 1 is 0.284 bits per heavy atom. The van der Waals surface area contributed by atoms with Crippen LogP contribution in [0, 0.1) is 23.7 Å². The molecule has 0 amide bonds. The van der Waals surface area contributed by atoms with Crippen LogP contribution in [0.1, 0.15) is 338 Å². The van der Waals surface area contributed by atoms with Crippen molar-refractivity contribution >= 4 is 39.5 Å². The van der Waals surface area contributed by atoms with Crippen molar-refractivity contribution in [2.24, 2.45) is 23.7 Å². The third kappa shape index (κ3) is 62.8. The van der Waals surface area contributed by atoms with Crippen LogP contribution in [0.5, 0.6) is 0 Å². The van der Waals surface area contributed by atoms with Gasteiger partial charge in [-0.2, -0.15) is 0 Å². The maximum absolute atomic E-state index is 13.0. The Balaban J connectivity index is 5.25. The van der Waals surface area contributed by atoms with Gasteiger partial charge in [-0.15, -0.1) is 0 Å². The van der Waals surface area contributed by atoms with E-state index in [0.717, 1.165) is 114 Å². The first-order valence-electron chi connectivity index (χ1n) is 35.7. The monoisotopic (exact) mass is 1300 g/mol. The van der Waals surface area contributed by atoms with Gasteiger partial charge in [0.25, 0.3) is 0 Å². The number of unbranched alkanes of at least 4 members (excludes halogenated alkanes) is 32. The van der Waals surface area contributed by atoms with Crippen molar-refractivity contribution in [2.75, 3.05) is 39.6 Å². The van der Waals surface area contributed by atoms with Crippen LogP contribution in [0.4, 0.5) is 0 Å². The van der Waals surface area contributed by atoms with Crippen molar-refractivity contribution in [1.29, 1.82) is 0 Å². The summed E-state index contributed by atoms with van der Waals surface area (Å²) in [6.45, 7) is 14.0. The molecule has 88 heavy (non-hydrogen) atoms. The number of carbonyl (C=O) groups is 4. The van der Waals surface area contributed by atoms with E-state index in [1.54, 1.807) is 0 Å². The van der Waals surface area contributed by atoms with Crippen LogP contribution in [0.15, 0.2) is 0 Å². The van der Waals surface area contributed by atoms with Crippen molar-refractivity contribution in [1.82, 2.24) is 0 Å². The van der Waals surface area contributed by atoms with E-state index in [1.807, 2.05) is 0 Å². The van der Waals surface area contributed by atoms with E-state index in [0.29, 0.717) is 31.6 Å². The smallest absolute Gasteiger partial charge is 0.462 e. The molecule has 0 aliphatic heterocycles. The number of aliphatic hydroxyl groups is 1. The second-order valence-electron chi connectivity index (χ2n) is 26.8. The maximum Gasteiger partial charge on any atom is 0.472 e. The minimum atomic E-state index is -4.95. The molecule has 0 aromatic carbocycles. The van der Waals surface area contributed by atoms with Crippen LogP contribution in [-0.2, 0) is 65.4 Å². The average Bonchev–Trinajstić information content (AvgIpc) is 3.49. The van der Waals surface area contributed by atoms with Gasteiger partial charge >= 0.3 is 39.5 Å². The Hall–Kier alpha value is -1.94. The molecule has 0 rings (SSSR count). The first-order valence-corrected chi connectivity index (χ1v) is 38.7. The van der Waals surface area contributed by atoms with Gasteiger partial charge in [-0.05, 0) is 49.4 Å². The summed E-state index contributed by atoms with van der Waals surface area (Å²) in [4.78, 5) is 72.5. The number of carbonyl (C=O) groups excluding carboxylic acids is 4. The standard InChI is InChI=1S/C69H134O17P2/c1-59(2)45-37-29-21-15-9-12-18-24-33-41-49-66(71)79-55-64(85-68(73)51-43-35-25-19-13-10-16-22-30-38-46-60(3)4)57-83-87(75,76)81-53-63(70)54-82-88(77,78)84-58-65(56-80-67(72)50-42-34-28-27-32-40-48-62(7)8)86-69(74)52-44-36-26-20-14-11-17-23-31-39-47-61(5)6/h59-65,70H,9-58H2,1-8H3,(H,75,76)(H,77,78)/t63-,64-,65-/m1/s1. The van der Waals surface area contributed by atoms with E-state index in [1.165, 1.54) is 135 Å². The Morgan fingerprint density at radius 2 is 0.477 bits per heavy atom. The highest BCUT2D eigenvalue weighted by Gasteiger charge is 2.30. The Bertz CT molecular complexity index is 1750. The van der Waals surface area contributed by atoms with Gasteiger partial charge in [0, 0.05) is 25.7 Å².